The second-order valence-electron chi connectivity index (χ2n) is 13.4. The molecule has 0 unspecified atom stereocenters. The second kappa shape index (κ2) is 15.4. The van der Waals surface area contributed by atoms with Crippen molar-refractivity contribution in [3.63, 3.8) is 0 Å². The van der Waals surface area contributed by atoms with Gasteiger partial charge in [-0.3, -0.25) is 0 Å². The Balaban J connectivity index is 1.31. The van der Waals surface area contributed by atoms with Crippen LogP contribution in [0.3, 0.4) is 0 Å². The molecular formula is C48H36N6O4. The van der Waals surface area contributed by atoms with Gasteiger partial charge in [0.1, 0.15) is 23.0 Å². The molecule has 0 saturated carbocycles. The molecule has 10 nitrogen and oxygen atoms in total. The maximum Gasteiger partial charge on any atom is 0.165 e. The highest BCUT2D eigenvalue weighted by molar-refractivity contribution is 6.20. The summed E-state index contributed by atoms with van der Waals surface area (Å²) in [4.78, 5) is 30.7. The molecule has 9 rings (SSSR count). The maximum absolute atomic E-state index is 5.45. The molecule has 0 radical (unpaired) electrons. The van der Waals surface area contributed by atoms with Crippen LogP contribution in [0.1, 0.15) is 0 Å². The number of fused-ring (bicyclic) bond motifs is 2. The minimum Gasteiger partial charge on any atom is -0.497 e. The Morgan fingerprint density at radius 1 is 0.259 bits per heavy atom. The maximum atomic E-state index is 5.45. The molecule has 0 fully saturated rings. The average Bonchev–Trinajstić information content (AvgIpc) is 3.30. The van der Waals surface area contributed by atoms with Crippen LogP contribution in [0, 0.1) is 0 Å². The molecule has 0 atom stereocenters. The van der Waals surface area contributed by atoms with Gasteiger partial charge in [0.2, 0.25) is 0 Å². The van der Waals surface area contributed by atoms with Gasteiger partial charge < -0.3 is 18.9 Å². The molecule has 10 heteroatoms. The molecular weight excluding hydrogens is 725 g/mol. The summed E-state index contributed by atoms with van der Waals surface area (Å²) in [6.45, 7) is 0. The van der Waals surface area contributed by atoms with Crippen molar-refractivity contribution in [3.8, 4) is 91.3 Å². The fourth-order valence-corrected chi connectivity index (χ4v) is 7.06. The Hall–Kier alpha value is -7.72. The van der Waals surface area contributed by atoms with Crippen molar-refractivity contribution in [2.75, 3.05) is 28.4 Å². The lowest BCUT2D eigenvalue weighted by Crippen LogP contribution is -2.03. The molecule has 58 heavy (non-hydrogen) atoms. The molecule has 282 valence electrons. The van der Waals surface area contributed by atoms with Crippen LogP contribution in [0.2, 0.25) is 0 Å². The number of rotatable bonds is 10. The standard InChI is InChI=1S/C48H36N6O4/c1-55-33-21-13-29(14-22-33)43-49-44(30-15-23-34(56-2)24-16-30)52-47(51-43)41-37-9-5-7-11-39(37)42(40-12-8-6-10-38(40)41)48-53-45(31-17-25-35(57-3)26-18-31)50-46(54-48)32-19-27-36(58-4)28-20-32/h5-28H,1-4H3. The molecule has 0 bridgehead atoms. The number of hydrogen-bond acceptors (Lipinski definition) is 10. The Bertz CT molecular complexity index is 2530. The molecule has 0 amide bonds. The first-order chi connectivity index (χ1) is 28.5. The van der Waals surface area contributed by atoms with Gasteiger partial charge in [-0.25, -0.2) is 29.9 Å². The lowest BCUT2D eigenvalue weighted by atomic mass is 9.90. The monoisotopic (exact) mass is 760 g/mol. The number of methoxy groups -OCH3 is 4. The Kier molecular flexibility index (Phi) is 9.56. The Morgan fingerprint density at radius 3 is 0.672 bits per heavy atom. The zero-order valence-corrected chi connectivity index (χ0v) is 32.2. The first-order valence-corrected chi connectivity index (χ1v) is 18.6. The van der Waals surface area contributed by atoms with E-state index >= 15 is 0 Å². The van der Waals surface area contributed by atoms with Gasteiger partial charge in [-0.1, -0.05) is 48.5 Å². The predicted molar refractivity (Wildman–Crippen MR) is 227 cm³/mol. The molecule has 2 aromatic heterocycles. The molecule has 9 aromatic rings. The Morgan fingerprint density at radius 2 is 0.466 bits per heavy atom. The van der Waals surface area contributed by atoms with E-state index in [4.69, 9.17) is 48.9 Å². The fraction of sp³-hybridized carbons (Fsp3) is 0.0833. The van der Waals surface area contributed by atoms with Crippen molar-refractivity contribution in [2.24, 2.45) is 0 Å². The topological polar surface area (TPSA) is 114 Å². The number of benzene rings is 7. The number of nitrogens with zero attached hydrogens (tertiary/aromatic N) is 6. The molecule has 2 heterocycles. The molecule has 0 N–H and O–H groups in total. The van der Waals surface area contributed by atoms with E-state index in [1.54, 1.807) is 28.4 Å². The molecule has 0 aliphatic carbocycles. The molecule has 0 saturated heterocycles. The summed E-state index contributed by atoms with van der Waals surface area (Å²) in [5.74, 6) is 6.13. The zero-order chi connectivity index (χ0) is 39.6. The summed E-state index contributed by atoms with van der Waals surface area (Å²) in [6.07, 6.45) is 0. The summed E-state index contributed by atoms with van der Waals surface area (Å²) in [6, 6.07) is 47.4. The first-order valence-electron chi connectivity index (χ1n) is 18.6. The van der Waals surface area contributed by atoms with Gasteiger partial charge in [-0.2, -0.15) is 0 Å². The summed E-state index contributed by atoms with van der Waals surface area (Å²) in [5.41, 5.74) is 5.03. The van der Waals surface area contributed by atoms with E-state index in [-0.39, 0.29) is 0 Å². The van der Waals surface area contributed by atoms with E-state index in [1.807, 2.05) is 121 Å². The zero-order valence-electron chi connectivity index (χ0n) is 32.2. The van der Waals surface area contributed by atoms with Crippen molar-refractivity contribution >= 4 is 21.5 Å². The van der Waals surface area contributed by atoms with Gasteiger partial charge in [0, 0.05) is 33.4 Å². The lowest BCUT2D eigenvalue weighted by molar-refractivity contribution is 0.414. The summed E-state index contributed by atoms with van der Waals surface area (Å²) >= 11 is 0. The summed E-state index contributed by atoms with van der Waals surface area (Å²) in [7, 11) is 6.59. The highest BCUT2D eigenvalue weighted by Crippen LogP contribution is 2.43. The van der Waals surface area contributed by atoms with Crippen LogP contribution in [0.25, 0.3) is 89.9 Å². The van der Waals surface area contributed by atoms with Crippen molar-refractivity contribution in [2.45, 2.75) is 0 Å². The van der Waals surface area contributed by atoms with Crippen LogP contribution in [-0.4, -0.2) is 58.3 Å². The van der Waals surface area contributed by atoms with E-state index < -0.39 is 0 Å². The van der Waals surface area contributed by atoms with E-state index in [1.165, 1.54) is 0 Å². The van der Waals surface area contributed by atoms with Gasteiger partial charge >= 0.3 is 0 Å². The lowest BCUT2D eigenvalue weighted by Gasteiger charge is -2.17. The number of ether oxygens (including phenoxy) is 4. The SMILES string of the molecule is COc1ccc(-c2nc(-c3ccc(OC)cc3)nc(-c3c4ccccc4c(-c4nc(-c5ccc(OC)cc5)nc(-c5ccc(OC)cc5)n4)c4ccccc34)n2)cc1. The van der Waals surface area contributed by atoms with Crippen LogP contribution in [0.5, 0.6) is 23.0 Å². The number of hydrogen-bond donors (Lipinski definition) is 0. The third-order valence-electron chi connectivity index (χ3n) is 10.0. The predicted octanol–water partition coefficient (Wildman–Crippen LogP) is 10.4. The van der Waals surface area contributed by atoms with Crippen LogP contribution in [0.4, 0.5) is 0 Å². The highest BCUT2D eigenvalue weighted by atomic mass is 16.5. The highest BCUT2D eigenvalue weighted by Gasteiger charge is 2.23. The van der Waals surface area contributed by atoms with Crippen LogP contribution in [0.15, 0.2) is 146 Å². The summed E-state index contributed by atoms with van der Waals surface area (Å²) in [5, 5.41) is 3.73. The average molecular weight is 761 g/mol. The normalized spacial score (nSPS) is 11.1. The fourth-order valence-electron chi connectivity index (χ4n) is 7.06. The van der Waals surface area contributed by atoms with E-state index in [0.717, 1.165) is 77.9 Å². The van der Waals surface area contributed by atoms with Crippen molar-refractivity contribution in [3.05, 3.63) is 146 Å². The third-order valence-corrected chi connectivity index (χ3v) is 10.0. The summed E-state index contributed by atoms with van der Waals surface area (Å²) < 4.78 is 21.8. The molecule has 0 spiro atoms. The van der Waals surface area contributed by atoms with Crippen LogP contribution in [-0.2, 0) is 0 Å². The van der Waals surface area contributed by atoms with Gasteiger partial charge in [0.15, 0.2) is 34.9 Å². The smallest absolute Gasteiger partial charge is 0.165 e. The van der Waals surface area contributed by atoms with Gasteiger partial charge in [0.05, 0.1) is 28.4 Å². The van der Waals surface area contributed by atoms with Gasteiger partial charge in [-0.05, 0) is 119 Å². The van der Waals surface area contributed by atoms with Crippen molar-refractivity contribution in [1.82, 2.24) is 29.9 Å². The van der Waals surface area contributed by atoms with Crippen molar-refractivity contribution in [1.29, 1.82) is 0 Å². The minimum absolute atomic E-state index is 0.527. The molecule has 0 aliphatic rings. The van der Waals surface area contributed by atoms with E-state index in [2.05, 4.69) is 24.3 Å². The van der Waals surface area contributed by atoms with Crippen molar-refractivity contribution < 1.29 is 18.9 Å². The van der Waals surface area contributed by atoms with Gasteiger partial charge in [-0.15, -0.1) is 0 Å². The van der Waals surface area contributed by atoms with E-state index in [0.29, 0.717) is 34.9 Å². The third kappa shape index (κ3) is 6.77. The second-order valence-corrected chi connectivity index (χ2v) is 13.4. The first kappa shape index (κ1) is 35.9. The minimum atomic E-state index is 0.527. The largest absolute Gasteiger partial charge is 0.497 e. The van der Waals surface area contributed by atoms with Crippen LogP contribution >= 0.6 is 0 Å². The van der Waals surface area contributed by atoms with Crippen LogP contribution < -0.4 is 18.9 Å². The molecule has 0 aliphatic heterocycles. The molecule has 7 aromatic carbocycles. The van der Waals surface area contributed by atoms with E-state index in [9.17, 15) is 0 Å². The number of aromatic nitrogens is 6. The van der Waals surface area contributed by atoms with Gasteiger partial charge in [0.25, 0.3) is 0 Å². The Labute approximate surface area is 334 Å². The quantitative estimate of drug-likeness (QED) is 0.125.